The standard InChI is InChI=1S/C13H19NO2/c1-10-7-11(9-14-8-10)12(15)13(16)5-3-2-4-6-13/h7-9,12,15-16H,2-6H2,1H3. The van der Waals surface area contributed by atoms with Crippen LogP contribution < -0.4 is 0 Å². The second kappa shape index (κ2) is 4.52. The molecule has 1 aliphatic rings. The number of aromatic nitrogens is 1. The number of pyridine rings is 1. The van der Waals surface area contributed by atoms with Gasteiger partial charge in [-0.15, -0.1) is 0 Å². The molecule has 1 saturated carbocycles. The van der Waals surface area contributed by atoms with Gasteiger partial charge in [-0.2, -0.15) is 0 Å². The van der Waals surface area contributed by atoms with Crippen molar-refractivity contribution in [3.05, 3.63) is 29.6 Å². The first-order valence-electron chi connectivity index (χ1n) is 5.94. The highest BCUT2D eigenvalue weighted by molar-refractivity contribution is 5.21. The van der Waals surface area contributed by atoms with Crippen molar-refractivity contribution in [1.29, 1.82) is 0 Å². The predicted octanol–water partition coefficient (Wildman–Crippen LogP) is 2.12. The fraction of sp³-hybridized carbons (Fsp3) is 0.615. The molecule has 3 heteroatoms. The molecule has 1 heterocycles. The van der Waals surface area contributed by atoms with Gasteiger partial charge in [-0.05, 0) is 25.3 Å². The van der Waals surface area contributed by atoms with Crippen LogP contribution in [-0.2, 0) is 0 Å². The Morgan fingerprint density at radius 1 is 1.25 bits per heavy atom. The number of nitrogens with zero attached hydrogens (tertiary/aromatic N) is 1. The Labute approximate surface area is 96.2 Å². The van der Waals surface area contributed by atoms with E-state index in [0.29, 0.717) is 12.8 Å². The molecule has 0 spiro atoms. The van der Waals surface area contributed by atoms with Gasteiger partial charge in [0.2, 0.25) is 0 Å². The van der Waals surface area contributed by atoms with Gasteiger partial charge in [0.15, 0.2) is 0 Å². The van der Waals surface area contributed by atoms with Crippen LogP contribution in [0.2, 0.25) is 0 Å². The fourth-order valence-corrected chi connectivity index (χ4v) is 2.48. The van der Waals surface area contributed by atoms with Crippen LogP contribution in [0.25, 0.3) is 0 Å². The summed E-state index contributed by atoms with van der Waals surface area (Å²) < 4.78 is 0. The minimum Gasteiger partial charge on any atom is -0.387 e. The molecule has 0 radical (unpaired) electrons. The number of aryl methyl sites for hydroxylation is 1. The van der Waals surface area contributed by atoms with Crippen LogP contribution in [-0.4, -0.2) is 20.8 Å². The molecule has 2 rings (SSSR count). The first-order valence-corrected chi connectivity index (χ1v) is 5.94. The average molecular weight is 221 g/mol. The van der Waals surface area contributed by atoms with E-state index in [0.717, 1.165) is 30.4 Å². The van der Waals surface area contributed by atoms with Crippen molar-refractivity contribution in [2.75, 3.05) is 0 Å². The molecule has 0 bridgehead atoms. The Bertz CT molecular complexity index is 359. The van der Waals surface area contributed by atoms with E-state index in [9.17, 15) is 10.2 Å². The zero-order valence-electron chi connectivity index (χ0n) is 9.69. The summed E-state index contributed by atoms with van der Waals surface area (Å²) >= 11 is 0. The lowest BCUT2D eigenvalue weighted by atomic mass is 9.78. The van der Waals surface area contributed by atoms with Gasteiger partial charge in [-0.1, -0.05) is 25.3 Å². The molecule has 0 saturated heterocycles. The Kier molecular flexibility index (Phi) is 3.26. The van der Waals surface area contributed by atoms with Crippen molar-refractivity contribution in [1.82, 2.24) is 4.98 Å². The van der Waals surface area contributed by atoms with Crippen LogP contribution in [0.4, 0.5) is 0 Å². The molecule has 1 aromatic rings. The predicted molar refractivity (Wildman–Crippen MR) is 62.0 cm³/mol. The first kappa shape index (κ1) is 11.6. The van der Waals surface area contributed by atoms with Gasteiger partial charge >= 0.3 is 0 Å². The number of hydrogen-bond donors (Lipinski definition) is 2. The van der Waals surface area contributed by atoms with Crippen LogP contribution in [0.3, 0.4) is 0 Å². The third kappa shape index (κ3) is 2.25. The van der Waals surface area contributed by atoms with E-state index in [1.165, 1.54) is 0 Å². The molecule has 0 aromatic carbocycles. The van der Waals surface area contributed by atoms with Gasteiger partial charge in [0.1, 0.15) is 6.10 Å². The van der Waals surface area contributed by atoms with Gasteiger partial charge in [0.25, 0.3) is 0 Å². The molecule has 1 atom stereocenters. The maximum atomic E-state index is 10.4. The van der Waals surface area contributed by atoms with Crippen LogP contribution in [0.5, 0.6) is 0 Å². The third-order valence-corrected chi connectivity index (χ3v) is 3.44. The molecule has 1 aromatic heterocycles. The van der Waals surface area contributed by atoms with Crippen molar-refractivity contribution in [3.8, 4) is 0 Å². The molecule has 1 fully saturated rings. The SMILES string of the molecule is Cc1cncc(C(O)C2(O)CCCCC2)c1. The maximum absolute atomic E-state index is 10.4. The molecular formula is C13H19NO2. The average Bonchev–Trinajstić information content (AvgIpc) is 2.29. The molecule has 0 amide bonds. The summed E-state index contributed by atoms with van der Waals surface area (Å²) in [5.41, 5.74) is 0.786. The Morgan fingerprint density at radius 3 is 2.56 bits per heavy atom. The van der Waals surface area contributed by atoms with Crippen LogP contribution in [0, 0.1) is 6.92 Å². The molecule has 16 heavy (non-hydrogen) atoms. The van der Waals surface area contributed by atoms with E-state index < -0.39 is 11.7 Å². The summed E-state index contributed by atoms with van der Waals surface area (Å²) in [4.78, 5) is 4.06. The van der Waals surface area contributed by atoms with E-state index in [1.807, 2.05) is 13.0 Å². The van der Waals surface area contributed by atoms with Crippen molar-refractivity contribution >= 4 is 0 Å². The number of rotatable bonds is 2. The van der Waals surface area contributed by atoms with E-state index in [4.69, 9.17) is 0 Å². The topological polar surface area (TPSA) is 53.4 Å². The smallest absolute Gasteiger partial charge is 0.109 e. The number of hydrogen-bond acceptors (Lipinski definition) is 3. The molecule has 3 nitrogen and oxygen atoms in total. The summed E-state index contributed by atoms with van der Waals surface area (Å²) in [6.07, 6.45) is 7.09. The molecule has 1 aliphatic carbocycles. The fourth-order valence-electron chi connectivity index (χ4n) is 2.48. The lowest BCUT2D eigenvalue weighted by molar-refractivity contribution is -0.0993. The van der Waals surface area contributed by atoms with E-state index in [-0.39, 0.29) is 0 Å². The first-order chi connectivity index (χ1) is 7.62. The minimum atomic E-state index is -0.951. The van der Waals surface area contributed by atoms with E-state index >= 15 is 0 Å². The highest BCUT2D eigenvalue weighted by atomic mass is 16.3. The zero-order chi connectivity index (χ0) is 11.6. The molecule has 88 valence electrons. The summed E-state index contributed by atoms with van der Waals surface area (Å²) in [5.74, 6) is 0. The zero-order valence-corrected chi connectivity index (χ0v) is 9.69. The van der Waals surface area contributed by atoms with E-state index in [1.54, 1.807) is 12.4 Å². The molecule has 2 N–H and O–H groups in total. The minimum absolute atomic E-state index is 0.683. The monoisotopic (exact) mass is 221 g/mol. The number of aliphatic hydroxyl groups excluding tert-OH is 1. The third-order valence-electron chi connectivity index (χ3n) is 3.44. The largest absolute Gasteiger partial charge is 0.387 e. The second-order valence-electron chi connectivity index (χ2n) is 4.86. The lowest BCUT2D eigenvalue weighted by Crippen LogP contribution is -2.38. The van der Waals surface area contributed by atoms with Gasteiger partial charge in [-0.25, -0.2) is 0 Å². The van der Waals surface area contributed by atoms with E-state index in [2.05, 4.69) is 4.98 Å². The Hall–Kier alpha value is -0.930. The Balaban J connectivity index is 2.20. The van der Waals surface area contributed by atoms with Crippen molar-refractivity contribution in [3.63, 3.8) is 0 Å². The molecular weight excluding hydrogens is 202 g/mol. The van der Waals surface area contributed by atoms with Crippen molar-refractivity contribution < 1.29 is 10.2 Å². The summed E-state index contributed by atoms with van der Waals surface area (Å²) in [7, 11) is 0. The lowest BCUT2D eigenvalue weighted by Gasteiger charge is -2.36. The Morgan fingerprint density at radius 2 is 1.94 bits per heavy atom. The highest BCUT2D eigenvalue weighted by Gasteiger charge is 2.37. The molecule has 0 aliphatic heterocycles. The van der Waals surface area contributed by atoms with Gasteiger partial charge in [0.05, 0.1) is 5.60 Å². The number of aliphatic hydroxyl groups is 2. The molecule has 1 unspecified atom stereocenters. The summed E-state index contributed by atoms with van der Waals surface area (Å²) in [6.45, 7) is 1.94. The normalized spacial score (nSPS) is 21.7. The van der Waals surface area contributed by atoms with Crippen molar-refractivity contribution in [2.45, 2.75) is 50.7 Å². The van der Waals surface area contributed by atoms with Crippen molar-refractivity contribution in [2.24, 2.45) is 0 Å². The second-order valence-corrected chi connectivity index (χ2v) is 4.86. The van der Waals surface area contributed by atoms with Gasteiger partial charge in [0, 0.05) is 18.0 Å². The van der Waals surface area contributed by atoms with Crippen LogP contribution >= 0.6 is 0 Å². The quantitative estimate of drug-likeness (QED) is 0.804. The van der Waals surface area contributed by atoms with Crippen LogP contribution in [0.15, 0.2) is 18.5 Å². The van der Waals surface area contributed by atoms with Crippen LogP contribution in [0.1, 0.15) is 49.3 Å². The maximum Gasteiger partial charge on any atom is 0.109 e. The summed E-state index contributed by atoms with van der Waals surface area (Å²) in [6, 6.07) is 1.89. The van der Waals surface area contributed by atoms with Gasteiger partial charge < -0.3 is 10.2 Å². The summed E-state index contributed by atoms with van der Waals surface area (Å²) in [5, 5.41) is 20.6. The highest BCUT2D eigenvalue weighted by Crippen LogP contribution is 2.38. The van der Waals surface area contributed by atoms with Gasteiger partial charge in [-0.3, -0.25) is 4.98 Å².